The van der Waals surface area contributed by atoms with Gasteiger partial charge in [-0.25, -0.2) is 5.84 Å². The molecule has 0 amide bonds. The summed E-state index contributed by atoms with van der Waals surface area (Å²) in [6.07, 6.45) is 0. The van der Waals surface area contributed by atoms with Gasteiger partial charge in [0.05, 0.1) is 29.6 Å². The number of non-ortho nitro benzene ring substituents is 1. The minimum Gasteiger partial charge on any atom is -0.378 e. The molecule has 1 aliphatic heterocycles. The minimum absolute atomic E-state index is 0.0539. The number of carbonyl (C=O) groups is 1. The van der Waals surface area contributed by atoms with Crippen molar-refractivity contribution in [2.45, 2.75) is 0 Å². The van der Waals surface area contributed by atoms with E-state index in [9.17, 15) is 14.9 Å². The zero-order chi connectivity index (χ0) is 21.5. The zero-order valence-electron chi connectivity index (χ0n) is 16.1. The fraction of sp³-hybridized carbons (Fsp3) is 0.263. The van der Waals surface area contributed by atoms with E-state index >= 15 is 0 Å². The zero-order valence-corrected chi connectivity index (χ0v) is 17.0. The number of rotatable bonds is 6. The Morgan fingerprint density at radius 1 is 1.17 bits per heavy atom. The summed E-state index contributed by atoms with van der Waals surface area (Å²) in [5, 5.41) is 15.8. The lowest BCUT2D eigenvalue weighted by molar-refractivity contribution is -0.384. The standard InChI is InChI=1S/C19H22N6O4S/c20-22-19(24(21)16-5-7-17(8-6-16)25(27)28)30-13-18(26)14-1-3-15(4-2-14)23-9-11-29-12-10-23/h1-8H,9-13,20-21H2/b22-19+. The van der Waals surface area contributed by atoms with Gasteiger partial charge in [-0.2, -0.15) is 5.10 Å². The number of ketones is 1. The van der Waals surface area contributed by atoms with Crippen molar-refractivity contribution in [2.24, 2.45) is 16.8 Å². The van der Waals surface area contributed by atoms with E-state index in [1.54, 1.807) is 12.1 Å². The number of nitrogens with two attached hydrogens (primary N) is 2. The quantitative estimate of drug-likeness (QED) is 0.176. The van der Waals surface area contributed by atoms with Gasteiger partial charge in [0.25, 0.3) is 5.69 Å². The van der Waals surface area contributed by atoms with Crippen LogP contribution in [0.4, 0.5) is 17.1 Å². The fourth-order valence-electron chi connectivity index (χ4n) is 2.91. The summed E-state index contributed by atoms with van der Waals surface area (Å²) in [4.78, 5) is 25.0. The molecule has 1 aliphatic rings. The molecule has 2 aromatic carbocycles. The Balaban J connectivity index is 1.58. The van der Waals surface area contributed by atoms with Crippen molar-refractivity contribution < 1.29 is 14.5 Å². The third kappa shape index (κ3) is 5.26. The van der Waals surface area contributed by atoms with Gasteiger partial charge in [0.15, 0.2) is 5.78 Å². The molecule has 0 unspecified atom stereocenters. The van der Waals surface area contributed by atoms with Crippen LogP contribution < -0.4 is 21.6 Å². The van der Waals surface area contributed by atoms with Crippen molar-refractivity contribution in [1.29, 1.82) is 0 Å². The highest BCUT2D eigenvalue weighted by Crippen LogP contribution is 2.22. The van der Waals surface area contributed by atoms with Gasteiger partial charge in [-0.05, 0) is 36.4 Å². The highest BCUT2D eigenvalue weighted by Gasteiger charge is 2.16. The maximum atomic E-state index is 12.5. The van der Waals surface area contributed by atoms with E-state index in [2.05, 4.69) is 10.0 Å². The number of thioether (sulfide) groups is 1. The molecule has 0 saturated carbocycles. The number of nitro groups is 1. The molecule has 1 heterocycles. The molecule has 0 spiro atoms. The van der Waals surface area contributed by atoms with E-state index in [0.717, 1.165) is 30.5 Å². The number of nitrogens with zero attached hydrogens (tertiary/aromatic N) is 4. The molecule has 0 atom stereocenters. The van der Waals surface area contributed by atoms with Crippen LogP contribution in [0.3, 0.4) is 0 Å². The van der Waals surface area contributed by atoms with Gasteiger partial charge < -0.3 is 15.5 Å². The van der Waals surface area contributed by atoms with Crippen molar-refractivity contribution in [1.82, 2.24) is 0 Å². The number of amidine groups is 1. The van der Waals surface area contributed by atoms with E-state index in [1.165, 1.54) is 29.3 Å². The second-order valence-electron chi connectivity index (χ2n) is 6.41. The smallest absolute Gasteiger partial charge is 0.269 e. The molecule has 0 bridgehead atoms. The first-order valence-corrected chi connectivity index (χ1v) is 10.1. The number of hydrogen-bond acceptors (Lipinski definition) is 9. The van der Waals surface area contributed by atoms with Crippen LogP contribution in [0, 0.1) is 10.1 Å². The summed E-state index contributed by atoms with van der Waals surface area (Å²) in [5.74, 6) is 11.4. The fourth-order valence-corrected chi connectivity index (χ4v) is 3.65. The lowest BCUT2D eigenvalue weighted by atomic mass is 10.1. The molecule has 0 radical (unpaired) electrons. The van der Waals surface area contributed by atoms with Crippen molar-refractivity contribution >= 4 is 39.8 Å². The molecular formula is C19H22N6O4S. The van der Waals surface area contributed by atoms with Crippen LogP contribution in [-0.4, -0.2) is 47.9 Å². The van der Waals surface area contributed by atoms with Gasteiger partial charge in [-0.3, -0.25) is 19.9 Å². The number of carbonyl (C=O) groups excluding carboxylic acids is 1. The second-order valence-corrected chi connectivity index (χ2v) is 7.36. The third-order valence-corrected chi connectivity index (χ3v) is 5.52. The van der Waals surface area contributed by atoms with Crippen molar-refractivity contribution in [3.8, 4) is 0 Å². The van der Waals surface area contributed by atoms with E-state index in [4.69, 9.17) is 16.4 Å². The number of benzene rings is 2. The topological polar surface area (TPSA) is 140 Å². The van der Waals surface area contributed by atoms with Crippen molar-refractivity contribution in [3.05, 3.63) is 64.2 Å². The molecule has 10 nitrogen and oxygen atoms in total. The molecule has 0 aromatic heterocycles. The molecule has 1 saturated heterocycles. The van der Waals surface area contributed by atoms with Crippen LogP contribution in [0.15, 0.2) is 53.6 Å². The van der Waals surface area contributed by atoms with Gasteiger partial charge in [-0.15, -0.1) is 0 Å². The molecule has 30 heavy (non-hydrogen) atoms. The average molecular weight is 430 g/mol. The number of anilines is 2. The molecule has 1 fully saturated rings. The van der Waals surface area contributed by atoms with Gasteiger partial charge in [0, 0.05) is 36.5 Å². The largest absolute Gasteiger partial charge is 0.378 e. The summed E-state index contributed by atoms with van der Waals surface area (Å²) in [6.45, 7) is 3.05. The Bertz CT molecular complexity index is 914. The second kappa shape index (κ2) is 10.1. The van der Waals surface area contributed by atoms with Gasteiger partial charge in [0.1, 0.15) is 0 Å². The summed E-state index contributed by atoms with van der Waals surface area (Å²) in [7, 11) is 0. The van der Waals surface area contributed by atoms with Crippen LogP contribution in [0.2, 0.25) is 0 Å². The third-order valence-electron chi connectivity index (χ3n) is 4.55. The molecule has 158 valence electrons. The molecule has 4 N–H and O–H groups in total. The first-order valence-electron chi connectivity index (χ1n) is 9.15. The Labute approximate surface area is 177 Å². The van der Waals surface area contributed by atoms with Gasteiger partial charge >= 0.3 is 0 Å². The molecule has 11 heteroatoms. The summed E-state index contributed by atoms with van der Waals surface area (Å²) in [5.41, 5.74) is 2.04. The predicted octanol–water partition coefficient (Wildman–Crippen LogP) is 1.96. The highest BCUT2D eigenvalue weighted by atomic mass is 32.2. The average Bonchev–Trinajstić information content (AvgIpc) is 2.80. The van der Waals surface area contributed by atoms with Crippen LogP contribution >= 0.6 is 11.8 Å². The van der Waals surface area contributed by atoms with Crippen LogP contribution in [0.5, 0.6) is 0 Å². The molecule has 0 aliphatic carbocycles. The molecule has 3 rings (SSSR count). The monoisotopic (exact) mass is 430 g/mol. The number of nitro benzene ring substituents is 1. The number of Topliss-reactive ketones (excluding diaryl/α,β-unsaturated/α-hetero) is 1. The Morgan fingerprint density at radius 2 is 1.80 bits per heavy atom. The van der Waals surface area contributed by atoms with Crippen LogP contribution in [-0.2, 0) is 4.74 Å². The van der Waals surface area contributed by atoms with Crippen molar-refractivity contribution in [2.75, 3.05) is 42.0 Å². The SMILES string of the molecule is N/N=C(/SCC(=O)c1ccc(N2CCOCC2)cc1)N(N)c1ccc([N+](=O)[O-])cc1. The van der Waals surface area contributed by atoms with E-state index < -0.39 is 4.92 Å². The van der Waals surface area contributed by atoms with E-state index in [1.807, 2.05) is 12.1 Å². The van der Waals surface area contributed by atoms with Crippen molar-refractivity contribution in [3.63, 3.8) is 0 Å². The summed E-state index contributed by atoms with van der Waals surface area (Å²) < 4.78 is 5.35. The Hall–Kier alpha value is -3.15. The highest BCUT2D eigenvalue weighted by molar-refractivity contribution is 8.14. The number of hydrazine groups is 1. The maximum Gasteiger partial charge on any atom is 0.269 e. The predicted molar refractivity (Wildman–Crippen MR) is 118 cm³/mol. The van der Waals surface area contributed by atoms with Gasteiger partial charge in [-0.1, -0.05) is 11.8 Å². The minimum atomic E-state index is -0.500. The maximum absolute atomic E-state index is 12.5. The van der Waals surface area contributed by atoms with E-state index in [-0.39, 0.29) is 22.4 Å². The lowest BCUT2D eigenvalue weighted by Gasteiger charge is -2.28. The van der Waals surface area contributed by atoms with Crippen LogP contribution in [0.1, 0.15) is 10.4 Å². The molecule has 2 aromatic rings. The number of hydrazone groups is 1. The number of hydrogen-bond donors (Lipinski definition) is 2. The Kier molecular flexibility index (Phi) is 7.22. The van der Waals surface area contributed by atoms with E-state index in [0.29, 0.717) is 24.5 Å². The van der Waals surface area contributed by atoms with Gasteiger partial charge in [0.2, 0.25) is 5.17 Å². The normalized spacial score (nSPS) is 14.4. The first kappa shape index (κ1) is 21.6. The number of morpholine rings is 1. The molecular weight excluding hydrogens is 408 g/mol. The lowest BCUT2D eigenvalue weighted by Crippen LogP contribution is -2.37. The first-order chi connectivity index (χ1) is 14.5. The summed E-state index contributed by atoms with van der Waals surface area (Å²) >= 11 is 1.09. The summed E-state index contributed by atoms with van der Waals surface area (Å²) in [6, 6.07) is 13.1. The Morgan fingerprint density at radius 3 is 2.37 bits per heavy atom. The van der Waals surface area contributed by atoms with Crippen LogP contribution in [0.25, 0.3) is 0 Å². The number of ether oxygens (including phenoxy) is 1.